The van der Waals surface area contributed by atoms with Crippen molar-refractivity contribution in [1.82, 2.24) is 5.32 Å². The van der Waals surface area contributed by atoms with E-state index in [1.54, 1.807) is 49.4 Å². The van der Waals surface area contributed by atoms with E-state index in [1.807, 2.05) is 6.92 Å². The number of amides is 5. The summed E-state index contributed by atoms with van der Waals surface area (Å²) in [6, 6.07) is 12.2. The molecule has 3 aromatic rings. The summed E-state index contributed by atoms with van der Waals surface area (Å²) in [6.45, 7) is 3.18. The van der Waals surface area contributed by atoms with Gasteiger partial charge in [-0.1, -0.05) is 35.3 Å². The first kappa shape index (κ1) is 29.1. The van der Waals surface area contributed by atoms with E-state index in [2.05, 4.69) is 26.6 Å². The lowest BCUT2D eigenvalue weighted by Crippen LogP contribution is -2.54. The zero-order chi connectivity index (χ0) is 29.1. The van der Waals surface area contributed by atoms with Crippen molar-refractivity contribution >= 4 is 80.3 Å². The van der Waals surface area contributed by atoms with Gasteiger partial charge in [-0.25, -0.2) is 9.69 Å². The Bertz CT molecular complexity index is 1590. The van der Waals surface area contributed by atoms with Crippen molar-refractivity contribution in [1.29, 1.82) is 0 Å². The molecule has 1 fully saturated rings. The monoisotopic (exact) mass is 645 g/mol. The van der Waals surface area contributed by atoms with Gasteiger partial charge < -0.3 is 14.8 Å². The fraction of sp³-hybridized carbons (Fsp3) is 0.143. The molecule has 1 saturated heterocycles. The second kappa shape index (κ2) is 12.1. The maximum atomic E-state index is 13.3. The van der Waals surface area contributed by atoms with Crippen LogP contribution in [-0.2, 0) is 14.4 Å². The number of carbonyl (C=O) groups is 4. The minimum absolute atomic E-state index is 0.229. The SMILES string of the molecule is COc1cc(/C=C2/C(=O)NC(=O)N(c3cccc(Cl)c3C)C2=O)cc(Br)c1OCC(=O)Nc1ccc(C)c(Cl)c1. The van der Waals surface area contributed by atoms with Gasteiger partial charge in [0.15, 0.2) is 18.1 Å². The number of methoxy groups -OCH3 is 1. The molecular formula is C28H22BrCl2N3O6. The minimum Gasteiger partial charge on any atom is -0.493 e. The maximum absolute atomic E-state index is 13.3. The van der Waals surface area contributed by atoms with Gasteiger partial charge in [-0.15, -0.1) is 0 Å². The second-order valence-electron chi connectivity index (χ2n) is 8.68. The molecule has 0 bridgehead atoms. The van der Waals surface area contributed by atoms with Gasteiger partial charge in [0.05, 0.1) is 17.3 Å². The number of anilines is 2. The number of nitrogens with zero attached hydrogens (tertiary/aromatic N) is 1. The van der Waals surface area contributed by atoms with Crippen molar-refractivity contribution in [3.63, 3.8) is 0 Å². The van der Waals surface area contributed by atoms with Crippen LogP contribution in [0.25, 0.3) is 6.08 Å². The number of hydrogen-bond donors (Lipinski definition) is 2. The standard InChI is InChI=1S/C28H22BrCl2N3O6/c1-14-7-8-17(12-21(14)31)32-24(35)13-40-25-19(29)10-16(11-23(25)39-3)9-18-26(36)33-28(38)34(27(18)37)22-6-4-5-20(30)15(22)2/h4-12H,13H2,1-3H3,(H,32,35)(H,33,36,38)/b18-9-. The van der Waals surface area contributed by atoms with Gasteiger partial charge in [0.1, 0.15) is 5.57 Å². The number of halogens is 3. The smallest absolute Gasteiger partial charge is 0.335 e. The van der Waals surface area contributed by atoms with Crippen LogP contribution in [0.2, 0.25) is 10.0 Å². The summed E-state index contributed by atoms with van der Waals surface area (Å²) in [5.41, 5.74) is 2.27. The van der Waals surface area contributed by atoms with E-state index >= 15 is 0 Å². The van der Waals surface area contributed by atoms with Crippen LogP contribution in [0.4, 0.5) is 16.2 Å². The molecule has 0 radical (unpaired) electrons. The van der Waals surface area contributed by atoms with E-state index < -0.39 is 23.8 Å². The molecule has 0 aromatic heterocycles. The molecule has 0 atom stereocenters. The van der Waals surface area contributed by atoms with Crippen molar-refractivity contribution in [3.05, 3.63) is 85.3 Å². The van der Waals surface area contributed by atoms with Gasteiger partial charge in [0, 0.05) is 15.7 Å². The lowest BCUT2D eigenvalue weighted by atomic mass is 10.1. The van der Waals surface area contributed by atoms with Crippen LogP contribution in [0.15, 0.2) is 58.6 Å². The number of nitrogens with one attached hydrogen (secondary N) is 2. The normalized spacial score (nSPS) is 14.3. The molecule has 40 heavy (non-hydrogen) atoms. The largest absolute Gasteiger partial charge is 0.493 e. The second-order valence-corrected chi connectivity index (χ2v) is 10.3. The third-order valence-electron chi connectivity index (χ3n) is 5.95. The molecule has 206 valence electrons. The molecule has 12 heteroatoms. The number of benzene rings is 3. The lowest BCUT2D eigenvalue weighted by molar-refractivity contribution is -0.122. The average molecular weight is 647 g/mol. The number of rotatable bonds is 7. The highest BCUT2D eigenvalue weighted by atomic mass is 79.9. The van der Waals surface area contributed by atoms with Crippen LogP contribution < -0.4 is 25.0 Å². The molecule has 0 saturated carbocycles. The van der Waals surface area contributed by atoms with E-state index in [1.165, 1.54) is 19.3 Å². The Morgan fingerprint density at radius 1 is 1.07 bits per heavy atom. The van der Waals surface area contributed by atoms with Gasteiger partial charge in [0.25, 0.3) is 17.7 Å². The molecule has 0 unspecified atom stereocenters. The molecule has 0 aliphatic carbocycles. The fourth-order valence-electron chi connectivity index (χ4n) is 3.85. The molecule has 3 aromatic carbocycles. The molecule has 1 aliphatic heterocycles. The van der Waals surface area contributed by atoms with Crippen LogP contribution in [0.1, 0.15) is 16.7 Å². The third-order valence-corrected chi connectivity index (χ3v) is 7.35. The molecule has 0 spiro atoms. The molecule has 9 nitrogen and oxygen atoms in total. The minimum atomic E-state index is -0.883. The number of ether oxygens (including phenoxy) is 2. The number of barbiturate groups is 1. The quantitative estimate of drug-likeness (QED) is 0.238. The Kier molecular flexibility index (Phi) is 8.82. The summed E-state index contributed by atoms with van der Waals surface area (Å²) in [5, 5.41) is 5.77. The predicted molar refractivity (Wildman–Crippen MR) is 156 cm³/mol. The van der Waals surface area contributed by atoms with E-state index in [0.29, 0.717) is 31.3 Å². The van der Waals surface area contributed by atoms with Gasteiger partial charge in [-0.05, 0) is 88.9 Å². The highest BCUT2D eigenvalue weighted by molar-refractivity contribution is 9.10. The van der Waals surface area contributed by atoms with Crippen molar-refractivity contribution in [2.45, 2.75) is 13.8 Å². The topological polar surface area (TPSA) is 114 Å². The maximum Gasteiger partial charge on any atom is 0.335 e. The lowest BCUT2D eigenvalue weighted by Gasteiger charge is -2.27. The highest BCUT2D eigenvalue weighted by Gasteiger charge is 2.37. The molecule has 1 heterocycles. The zero-order valence-corrected chi connectivity index (χ0v) is 24.5. The molecular weight excluding hydrogens is 625 g/mol. The Morgan fingerprint density at radius 2 is 1.82 bits per heavy atom. The van der Waals surface area contributed by atoms with E-state index in [9.17, 15) is 19.2 Å². The third kappa shape index (κ3) is 6.14. The summed E-state index contributed by atoms with van der Waals surface area (Å²) in [7, 11) is 1.40. The fourth-order valence-corrected chi connectivity index (χ4v) is 4.77. The van der Waals surface area contributed by atoms with Crippen molar-refractivity contribution in [2.75, 3.05) is 23.9 Å². The first-order chi connectivity index (χ1) is 19.0. The van der Waals surface area contributed by atoms with Gasteiger partial charge >= 0.3 is 6.03 Å². The first-order valence-electron chi connectivity index (χ1n) is 11.7. The van der Waals surface area contributed by atoms with Gasteiger partial charge in [-0.3, -0.25) is 19.7 Å². The van der Waals surface area contributed by atoms with Crippen LogP contribution in [0, 0.1) is 13.8 Å². The van der Waals surface area contributed by atoms with Crippen LogP contribution >= 0.6 is 39.1 Å². The molecule has 2 N–H and O–H groups in total. The summed E-state index contributed by atoms with van der Waals surface area (Å²) in [4.78, 5) is 51.8. The summed E-state index contributed by atoms with van der Waals surface area (Å²) >= 11 is 15.7. The number of hydrogen-bond acceptors (Lipinski definition) is 6. The molecule has 5 amide bonds. The summed E-state index contributed by atoms with van der Waals surface area (Å²) < 4.78 is 11.5. The summed E-state index contributed by atoms with van der Waals surface area (Å²) in [6.07, 6.45) is 1.32. The Hall–Kier alpha value is -3.86. The Morgan fingerprint density at radius 3 is 2.52 bits per heavy atom. The number of aryl methyl sites for hydroxylation is 1. The molecule has 4 rings (SSSR count). The Labute approximate surface area is 248 Å². The van der Waals surface area contributed by atoms with Crippen LogP contribution in [-0.4, -0.2) is 37.5 Å². The average Bonchev–Trinajstić information content (AvgIpc) is 2.90. The van der Waals surface area contributed by atoms with Crippen LogP contribution in [0.3, 0.4) is 0 Å². The van der Waals surface area contributed by atoms with E-state index in [0.717, 1.165) is 10.5 Å². The van der Waals surface area contributed by atoms with E-state index in [-0.39, 0.29) is 29.4 Å². The zero-order valence-electron chi connectivity index (χ0n) is 21.4. The predicted octanol–water partition coefficient (Wildman–Crippen LogP) is 6.07. The number of imide groups is 2. The van der Waals surface area contributed by atoms with Crippen molar-refractivity contribution in [3.8, 4) is 11.5 Å². The van der Waals surface area contributed by atoms with Crippen LogP contribution in [0.5, 0.6) is 11.5 Å². The first-order valence-corrected chi connectivity index (χ1v) is 13.3. The number of urea groups is 1. The van der Waals surface area contributed by atoms with Crippen molar-refractivity contribution < 1.29 is 28.7 Å². The van der Waals surface area contributed by atoms with Crippen molar-refractivity contribution in [2.24, 2.45) is 0 Å². The van der Waals surface area contributed by atoms with Gasteiger partial charge in [0.2, 0.25) is 0 Å². The Balaban J connectivity index is 1.57. The van der Waals surface area contributed by atoms with Gasteiger partial charge in [-0.2, -0.15) is 0 Å². The molecule has 1 aliphatic rings. The number of carbonyl (C=O) groups excluding carboxylic acids is 4. The van der Waals surface area contributed by atoms with E-state index in [4.69, 9.17) is 32.7 Å². The summed E-state index contributed by atoms with van der Waals surface area (Å²) in [5.74, 6) is -1.63. The highest BCUT2D eigenvalue weighted by Crippen LogP contribution is 2.38.